The maximum Gasteiger partial charge on any atom is 0.170 e. The number of nitrogens with zero attached hydrogens (tertiary/aromatic N) is 1. The summed E-state index contributed by atoms with van der Waals surface area (Å²) in [6.45, 7) is 2.12. The van der Waals surface area contributed by atoms with E-state index in [2.05, 4.69) is 12.1 Å². The summed E-state index contributed by atoms with van der Waals surface area (Å²) in [5.74, 6) is 2.21. The van der Waals surface area contributed by atoms with Crippen LogP contribution >= 0.6 is 11.8 Å². The van der Waals surface area contributed by atoms with Crippen molar-refractivity contribution in [3.8, 4) is 0 Å². The zero-order valence-electron chi connectivity index (χ0n) is 8.10. The SMILES string of the molecule is CCSCc1cccc(/C(N)=N/O)c1. The summed E-state index contributed by atoms with van der Waals surface area (Å²) in [7, 11) is 0. The van der Waals surface area contributed by atoms with E-state index in [0.717, 1.165) is 17.1 Å². The lowest BCUT2D eigenvalue weighted by Crippen LogP contribution is -2.13. The Morgan fingerprint density at radius 2 is 2.36 bits per heavy atom. The fourth-order valence-corrected chi connectivity index (χ4v) is 1.72. The van der Waals surface area contributed by atoms with Gasteiger partial charge in [-0.1, -0.05) is 30.3 Å². The Hall–Kier alpha value is -1.16. The molecule has 0 aromatic heterocycles. The van der Waals surface area contributed by atoms with Gasteiger partial charge in [-0.15, -0.1) is 0 Å². The first-order valence-electron chi connectivity index (χ1n) is 4.42. The summed E-state index contributed by atoms with van der Waals surface area (Å²) in [6, 6.07) is 7.72. The van der Waals surface area contributed by atoms with Gasteiger partial charge in [-0.25, -0.2) is 0 Å². The Morgan fingerprint density at radius 1 is 1.57 bits per heavy atom. The second kappa shape index (κ2) is 5.54. The van der Waals surface area contributed by atoms with Crippen molar-refractivity contribution in [2.24, 2.45) is 10.9 Å². The molecule has 1 rings (SSSR count). The lowest BCUT2D eigenvalue weighted by molar-refractivity contribution is 0.318. The zero-order valence-corrected chi connectivity index (χ0v) is 8.92. The van der Waals surface area contributed by atoms with Crippen molar-refractivity contribution in [3.63, 3.8) is 0 Å². The van der Waals surface area contributed by atoms with Crippen molar-refractivity contribution in [1.29, 1.82) is 0 Å². The summed E-state index contributed by atoms with van der Waals surface area (Å²) in [5.41, 5.74) is 7.45. The first-order valence-corrected chi connectivity index (χ1v) is 5.58. The number of oxime groups is 1. The van der Waals surface area contributed by atoms with Crippen molar-refractivity contribution < 1.29 is 5.21 Å². The molecular weight excluding hydrogens is 196 g/mol. The molecule has 4 heteroatoms. The first kappa shape index (κ1) is 10.9. The monoisotopic (exact) mass is 210 g/mol. The van der Waals surface area contributed by atoms with Crippen LogP contribution in [-0.2, 0) is 5.75 Å². The first-order chi connectivity index (χ1) is 6.77. The Bertz CT molecular complexity index is 326. The molecular formula is C10H14N2OS. The highest BCUT2D eigenvalue weighted by Crippen LogP contribution is 2.13. The minimum atomic E-state index is 0.161. The Kier molecular flexibility index (Phi) is 4.32. The van der Waals surface area contributed by atoms with E-state index in [0.29, 0.717) is 0 Å². The molecule has 0 saturated carbocycles. The summed E-state index contributed by atoms with van der Waals surface area (Å²) in [4.78, 5) is 0. The van der Waals surface area contributed by atoms with E-state index >= 15 is 0 Å². The van der Waals surface area contributed by atoms with Gasteiger partial charge in [-0.05, 0) is 17.4 Å². The third kappa shape index (κ3) is 2.96. The summed E-state index contributed by atoms with van der Waals surface area (Å²) < 4.78 is 0. The molecule has 0 aliphatic rings. The van der Waals surface area contributed by atoms with Crippen LogP contribution in [0, 0.1) is 0 Å². The smallest absolute Gasteiger partial charge is 0.170 e. The molecule has 1 aromatic rings. The lowest BCUT2D eigenvalue weighted by atomic mass is 10.1. The predicted octanol–water partition coefficient (Wildman–Crippen LogP) is 2.03. The van der Waals surface area contributed by atoms with Gasteiger partial charge in [0.15, 0.2) is 5.84 Å². The highest BCUT2D eigenvalue weighted by molar-refractivity contribution is 7.98. The highest BCUT2D eigenvalue weighted by atomic mass is 32.2. The van der Waals surface area contributed by atoms with E-state index in [-0.39, 0.29) is 5.84 Å². The molecule has 1 aromatic carbocycles. The Balaban J connectivity index is 2.79. The standard InChI is InChI=1S/C10H14N2OS/c1-2-14-7-8-4-3-5-9(6-8)10(11)12-13/h3-6,13H,2,7H2,1H3,(H2,11,12). The van der Waals surface area contributed by atoms with Crippen LogP contribution in [0.5, 0.6) is 0 Å². The number of nitrogens with two attached hydrogens (primary N) is 1. The van der Waals surface area contributed by atoms with Gasteiger partial charge in [0.05, 0.1) is 0 Å². The molecule has 0 bridgehead atoms. The van der Waals surface area contributed by atoms with Crippen LogP contribution in [0.2, 0.25) is 0 Å². The summed E-state index contributed by atoms with van der Waals surface area (Å²) in [6.07, 6.45) is 0. The van der Waals surface area contributed by atoms with E-state index in [4.69, 9.17) is 10.9 Å². The summed E-state index contributed by atoms with van der Waals surface area (Å²) >= 11 is 1.85. The van der Waals surface area contributed by atoms with E-state index in [1.807, 2.05) is 36.0 Å². The molecule has 0 atom stereocenters. The van der Waals surface area contributed by atoms with Gasteiger partial charge >= 0.3 is 0 Å². The molecule has 3 nitrogen and oxygen atoms in total. The van der Waals surface area contributed by atoms with Crippen LogP contribution in [0.1, 0.15) is 18.1 Å². The van der Waals surface area contributed by atoms with Crippen LogP contribution in [0.15, 0.2) is 29.4 Å². The number of hydrogen-bond acceptors (Lipinski definition) is 3. The zero-order chi connectivity index (χ0) is 10.4. The molecule has 0 unspecified atom stereocenters. The van der Waals surface area contributed by atoms with E-state index < -0.39 is 0 Å². The van der Waals surface area contributed by atoms with Crippen molar-refractivity contribution in [2.45, 2.75) is 12.7 Å². The van der Waals surface area contributed by atoms with Gasteiger partial charge in [0, 0.05) is 11.3 Å². The van der Waals surface area contributed by atoms with E-state index in [1.54, 1.807) is 0 Å². The minimum Gasteiger partial charge on any atom is -0.409 e. The maximum atomic E-state index is 8.51. The molecule has 0 heterocycles. The average molecular weight is 210 g/mol. The van der Waals surface area contributed by atoms with Crippen LogP contribution in [0.4, 0.5) is 0 Å². The quantitative estimate of drug-likeness (QED) is 0.346. The maximum absolute atomic E-state index is 8.51. The van der Waals surface area contributed by atoms with Gasteiger partial charge in [0.25, 0.3) is 0 Å². The molecule has 0 aliphatic heterocycles. The molecule has 0 amide bonds. The average Bonchev–Trinajstić information content (AvgIpc) is 2.25. The second-order valence-electron chi connectivity index (χ2n) is 2.82. The number of rotatable bonds is 4. The van der Waals surface area contributed by atoms with Crippen molar-refractivity contribution >= 4 is 17.6 Å². The Morgan fingerprint density at radius 3 is 3.00 bits per heavy atom. The lowest BCUT2D eigenvalue weighted by Gasteiger charge is -2.02. The topological polar surface area (TPSA) is 58.6 Å². The molecule has 0 spiro atoms. The Labute approximate surface area is 88.0 Å². The molecule has 0 radical (unpaired) electrons. The van der Waals surface area contributed by atoms with Crippen LogP contribution < -0.4 is 5.73 Å². The number of benzene rings is 1. The van der Waals surface area contributed by atoms with Gasteiger partial charge < -0.3 is 10.9 Å². The molecule has 0 fully saturated rings. The minimum absolute atomic E-state index is 0.161. The molecule has 76 valence electrons. The van der Waals surface area contributed by atoms with E-state index in [9.17, 15) is 0 Å². The summed E-state index contributed by atoms with van der Waals surface area (Å²) in [5, 5.41) is 11.5. The van der Waals surface area contributed by atoms with Crippen LogP contribution in [0.3, 0.4) is 0 Å². The normalized spacial score (nSPS) is 11.6. The van der Waals surface area contributed by atoms with Gasteiger partial charge in [-0.3, -0.25) is 0 Å². The van der Waals surface area contributed by atoms with Crippen molar-refractivity contribution in [2.75, 3.05) is 5.75 Å². The molecule has 0 aliphatic carbocycles. The number of hydrogen-bond donors (Lipinski definition) is 2. The van der Waals surface area contributed by atoms with Crippen LogP contribution in [-0.4, -0.2) is 16.8 Å². The third-order valence-corrected chi connectivity index (χ3v) is 2.75. The van der Waals surface area contributed by atoms with Crippen molar-refractivity contribution in [3.05, 3.63) is 35.4 Å². The van der Waals surface area contributed by atoms with Gasteiger partial charge in [0.1, 0.15) is 0 Å². The van der Waals surface area contributed by atoms with Crippen molar-refractivity contribution in [1.82, 2.24) is 0 Å². The molecule has 0 saturated heterocycles. The van der Waals surface area contributed by atoms with Gasteiger partial charge in [0.2, 0.25) is 0 Å². The predicted molar refractivity (Wildman–Crippen MR) is 60.8 cm³/mol. The van der Waals surface area contributed by atoms with Crippen LogP contribution in [0.25, 0.3) is 0 Å². The third-order valence-electron chi connectivity index (χ3n) is 1.80. The largest absolute Gasteiger partial charge is 0.409 e. The van der Waals surface area contributed by atoms with E-state index in [1.165, 1.54) is 5.56 Å². The molecule has 14 heavy (non-hydrogen) atoms. The molecule has 3 N–H and O–H groups in total. The number of amidine groups is 1. The fourth-order valence-electron chi connectivity index (χ4n) is 1.10. The number of thioether (sulfide) groups is 1. The fraction of sp³-hybridized carbons (Fsp3) is 0.300. The second-order valence-corrected chi connectivity index (χ2v) is 4.10. The van der Waals surface area contributed by atoms with Gasteiger partial charge in [-0.2, -0.15) is 11.8 Å². The highest BCUT2D eigenvalue weighted by Gasteiger charge is 1.99.